The second kappa shape index (κ2) is 10.4. The predicted molar refractivity (Wildman–Crippen MR) is 113 cm³/mol. The number of nitrogens with zero attached hydrogens (tertiary/aromatic N) is 2. The number of piperazine rings is 1. The van der Waals surface area contributed by atoms with Gasteiger partial charge in [-0.2, -0.15) is 0 Å². The molecule has 0 aliphatic carbocycles. The second-order valence-corrected chi connectivity index (χ2v) is 6.30. The largest absolute Gasteiger partial charge is 0.368 e. The van der Waals surface area contributed by atoms with Crippen molar-refractivity contribution in [1.29, 1.82) is 0 Å². The average molecular weight is 396 g/mol. The number of carbonyl (C=O) groups excluding carboxylic acids is 1. The first kappa shape index (κ1) is 22.3. The molecule has 4 nitrogen and oxygen atoms in total. The molecule has 0 saturated carbocycles. The van der Waals surface area contributed by atoms with Crippen molar-refractivity contribution in [2.24, 2.45) is 5.73 Å². The van der Waals surface area contributed by atoms with Gasteiger partial charge in [-0.1, -0.05) is 48.5 Å². The van der Waals surface area contributed by atoms with Crippen molar-refractivity contribution in [2.75, 3.05) is 37.6 Å². The molecule has 1 amide bonds. The van der Waals surface area contributed by atoms with E-state index in [9.17, 15) is 4.79 Å². The van der Waals surface area contributed by atoms with Gasteiger partial charge in [0.05, 0.1) is 5.92 Å². The minimum Gasteiger partial charge on any atom is -0.368 e. The summed E-state index contributed by atoms with van der Waals surface area (Å²) in [6, 6.07) is 18.3. The third-order valence-corrected chi connectivity index (χ3v) is 4.78. The van der Waals surface area contributed by atoms with Crippen LogP contribution in [0.1, 0.15) is 17.0 Å². The SMILES string of the molecule is Cc1ccccc1N1CCN(C(=O)C(CN)c2ccccc2)CC1.Cl.Cl. The monoisotopic (exact) mass is 395 g/mol. The molecular formula is C20H27Cl2N3O. The third kappa shape index (κ3) is 4.91. The van der Waals surface area contributed by atoms with E-state index in [1.165, 1.54) is 11.3 Å². The Morgan fingerprint density at radius 3 is 2.12 bits per heavy atom. The molecule has 0 aromatic heterocycles. The molecule has 26 heavy (non-hydrogen) atoms. The molecule has 1 saturated heterocycles. The molecule has 2 aromatic carbocycles. The molecule has 142 valence electrons. The van der Waals surface area contributed by atoms with Gasteiger partial charge in [0.1, 0.15) is 0 Å². The molecule has 1 atom stereocenters. The maximum atomic E-state index is 12.9. The van der Waals surface area contributed by atoms with Crippen LogP contribution in [0.5, 0.6) is 0 Å². The number of rotatable bonds is 4. The van der Waals surface area contributed by atoms with E-state index in [1.54, 1.807) is 0 Å². The lowest BCUT2D eigenvalue weighted by Gasteiger charge is -2.38. The van der Waals surface area contributed by atoms with Crippen molar-refractivity contribution in [1.82, 2.24) is 4.90 Å². The van der Waals surface area contributed by atoms with Crippen molar-refractivity contribution < 1.29 is 4.79 Å². The number of hydrogen-bond acceptors (Lipinski definition) is 3. The number of halogens is 2. The maximum Gasteiger partial charge on any atom is 0.231 e. The van der Waals surface area contributed by atoms with E-state index < -0.39 is 0 Å². The molecule has 0 bridgehead atoms. The van der Waals surface area contributed by atoms with Gasteiger partial charge in [-0.25, -0.2) is 0 Å². The number of anilines is 1. The average Bonchev–Trinajstić information content (AvgIpc) is 2.64. The van der Waals surface area contributed by atoms with E-state index in [0.29, 0.717) is 6.54 Å². The minimum absolute atomic E-state index is 0. The zero-order valence-electron chi connectivity index (χ0n) is 15.0. The molecule has 0 radical (unpaired) electrons. The van der Waals surface area contributed by atoms with Gasteiger partial charge < -0.3 is 15.5 Å². The molecule has 1 unspecified atom stereocenters. The van der Waals surface area contributed by atoms with E-state index in [-0.39, 0.29) is 36.6 Å². The zero-order chi connectivity index (χ0) is 16.9. The molecule has 1 heterocycles. The van der Waals surface area contributed by atoms with E-state index in [4.69, 9.17) is 5.73 Å². The summed E-state index contributed by atoms with van der Waals surface area (Å²) in [5.74, 6) is -0.0932. The van der Waals surface area contributed by atoms with E-state index in [2.05, 4.69) is 36.1 Å². The van der Waals surface area contributed by atoms with Crippen LogP contribution < -0.4 is 10.6 Å². The van der Waals surface area contributed by atoms with Crippen molar-refractivity contribution in [3.8, 4) is 0 Å². The van der Waals surface area contributed by atoms with Gasteiger partial charge in [0, 0.05) is 38.4 Å². The van der Waals surface area contributed by atoms with Crippen LogP contribution in [0.2, 0.25) is 0 Å². The number of benzene rings is 2. The predicted octanol–water partition coefficient (Wildman–Crippen LogP) is 3.23. The van der Waals surface area contributed by atoms with Gasteiger partial charge >= 0.3 is 0 Å². The lowest BCUT2D eigenvalue weighted by Crippen LogP contribution is -2.51. The zero-order valence-corrected chi connectivity index (χ0v) is 16.6. The molecule has 3 rings (SSSR count). The Morgan fingerprint density at radius 1 is 0.962 bits per heavy atom. The summed E-state index contributed by atoms with van der Waals surface area (Å²) in [6.07, 6.45) is 0. The first-order valence-electron chi connectivity index (χ1n) is 8.55. The quantitative estimate of drug-likeness (QED) is 0.864. The highest BCUT2D eigenvalue weighted by atomic mass is 35.5. The maximum absolute atomic E-state index is 12.9. The van der Waals surface area contributed by atoms with Crippen molar-refractivity contribution in [3.05, 3.63) is 65.7 Å². The molecule has 2 N–H and O–H groups in total. The first-order chi connectivity index (χ1) is 11.7. The number of aryl methyl sites for hydroxylation is 1. The second-order valence-electron chi connectivity index (χ2n) is 6.30. The van der Waals surface area contributed by atoms with Gasteiger partial charge in [-0.05, 0) is 24.1 Å². The molecule has 1 aliphatic heterocycles. The summed E-state index contributed by atoms with van der Waals surface area (Å²) in [6.45, 7) is 5.70. The molecule has 2 aromatic rings. The number of para-hydroxylation sites is 1. The lowest BCUT2D eigenvalue weighted by atomic mass is 9.97. The fraction of sp³-hybridized carbons (Fsp3) is 0.350. The van der Waals surface area contributed by atoms with Crippen LogP contribution in [0.15, 0.2) is 54.6 Å². The Hall–Kier alpha value is -1.75. The van der Waals surface area contributed by atoms with E-state index in [0.717, 1.165) is 31.7 Å². The summed E-state index contributed by atoms with van der Waals surface area (Å²) in [4.78, 5) is 17.2. The smallest absolute Gasteiger partial charge is 0.231 e. The van der Waals surface area contributed by atoms with E-state index >= 15 is 0 Å². The molecule has 1 fully saturated rings. The Morgan fingerprint density at radius 2 is 1.54 bits per heavy atom. The van der Waals surface area contributed by atoms with Crippen LogP contribution >= 0.6 is 24.8 Å². The van der Waals surface area contributed by atoms with Crippen LogP contribution in [0.3, 0.4) is 0 Å². The first-order valence-corrected chi connectivity index (χ1v) is 8.55. The van der Waals surface area contributed by atoms with Crippen LogP contribution in [0.4, 0.5) is 5.69 Å². The fourth-order valence-corrected chi connectivity index (χ4v) is 3.37. The van der Waals surface area contributed by atoms with Gasteiger partial charge in [0.15, 0.2) is 0 Å². The normalized spacial score (nSPS) is 14.8. The Balaban J connectivity index is 0.00000169. The molecule has 0 spiro atoms. The number of hydrogen-bond donors (Lipinski definition) is 1. The topological polar surface area (TPSA) is 49.6 Å². The van der Waals surface area contributed by atoms with Gasteiger partial charge in [0.25, 0.3) is 0 Å². The summed E-state index contributed by atoms with van der Waals surface area (Å²) in [5.41, 5.74) is 9.44. The highest BCUT2D eigenvalue weighted by molar-refractivity contribution is 5.85. The van der Waals surface area contributed by atoms with Gasteiger partial charge in [-0.3, -0.25) is 4.79 Å². The lowest BCUT2D eigenvalue weighted by molar-refractivity contribution is -0.132. The minimum atomic E-state index is -0.240. The van der Waals surface area contributed by atoms with Crippen molar-refractivity contribution >= 4 is 36.4 Å². The standard InChI is InChI=1S/C20H25N3O.2ClH/c1-16-7-5-6-10-19(16)22-11-13-23(14-12-22)20(24)18(15-21)17-8-3-2-4-9-17;;/h2-10,18H,11-15,21H2,1H3;2*1H. The summed E-state index contributed by atoms with van der Waals surface area (Å²) >= 11 is 0. The number of carbonyl (C=O) groups is 1. The fourth-order valence-electron chi connectivity index (χ4n) is 3.37. The molecule has 6 heteroatoms. The summed E-state index contributed by atoms with van der Waals surface area (Å²) < 4.78 is 0. The van der Waals surface area contributed by atoms with E-state index in [1.807, 2.05) is 35.2 Å². The number of amides is 1. The van der Waals surface area contributed by atoms with Crippen LogP contribution in [-0.4, -0.2) is 43.5 Å². The van der Waals surface area contributed by atoms with Crippen LogP contribution in [0.25, 0.3) is 0 Å². The van der Waals surface area contributed by atoms with Crippen molar-refractivity contribution in [2.45, 2.75) is 12.8 Å². The highest BCUT2D eigenvalue weighted by Crippen LogP contribution is 2.23. The van der Waals surface area contributed by atoms with Crippen molar-refractivity contribution in [3.63, 3.8) is 0 Å². The third-order valence-electron chi connectivity index (χ3n) is 4.78. The summed E-state index contributed by atoms with van der Waals surface area (Å²) in [7, 11) is 0. The summed E-state index contributed by atoms with van der Waals surface area (Å²) in [5, 5.41) is 0. The van der Waals surface area contributed by atoms with Crippen LogP contribution in [0, 0.1) is 6.92 Å². The number of nitrogens with two attached hydrogens (primary N) is 1. The Kier molecular flexibility index (Phi) is 8.93. The Labute approximate surface area is 168 Å². The van der Waals surface area contributed by atoms with Crippen LogP contribution in [-0.2, 0) is 4.79 Å². The Bertz CT molecular complexity index is 688. The van der Waals surface area contributed by atoms with Gasteiger partial charge in [0.2, 0.25) is 5.91 Å². The highest BCUT2D eigenvalue weighted by Gasteiger charge is 2.28. The molecular weight excluding hydrogens is 369 g/mol. The van der Waals surface area contributed by atoms with Gasteiger partial charge in [-0.15, -0.1) is 24.8 Å². The molecule has 1 aliphatic rings.